The lowest BCUT2D eigenvalue weighted by Crippen LogP contribution is -2.35. The predicted molar refractivity (Wildman–Crippen MR) is 137 cm³/mol. The molecule has 2 aromatic carbocycles. The highest BCUT2D eigenvalue weighted by Crippen LogP contribution is 2.55. The summed E-state index contributed by atoms with van der Waals surface area (Å²) in [4.78, 5) is 0. The van der Waals surface area contributed by atoms with Gasteiger partial charge in [-0.3, -0.25) is 0 Å². The molecule has 0 N–H and O–H groups in total. The standard InChI is InChI=1S/C32H44/c1-6-27-19-32(23(5)21(3)22(27)4)28-12-7-20(2)29(17-28)14-25-10-8-24(9-11-25)13-26-15-30-18-31(30)16-26/h7-12,17,21-23,26-27,30-32H,6,13-16,18-19H2,1-5H3/t21-,22-,23+,26?,27-,30-,31+,32+/m0/s1. The van der Waals surface area contributed by atoms with Crippen LogP contribution in [-0.4, -0.2) is 0 Å². The van der Waals surface area contributed by atoms with Gasteiger partial charge in [-0.1, -0.05) is 76.6 Å². The minimum Gasteiger partial charge on any atom is -0.0651 e. The van der Waals surface area contributed by atoms with E-state index < -0.39 is 0 Å². The van der Waals surface area contributed by atoms with Crippen LogP contribution < -0.4 is 0 Å². The zero-order chi connectivity index (χ0) is 22.4. The Bertz CT molecular complexity index is 910. The van der Waals surface area contributed by atoms with Gasteiger partial charge in [-0.25, -0.2) is 0 Å². The van der Waals surface area contributed by atoms with Crippen molar-refractivity contribution in [1.82, 2.24) is 0 Å². The van der Waals surface area contributed by atoms with Crippen LogP contribution in [0.25, 0.3) is 0 Å². The molecule has 2 aromatic rings. The Kier molecular flexibility index (Phi) is 6.26. The quantitative estimate of drug-likeness (QED) is 0.432. The van der Waals surface area contributed by atoms with Gasteiger partial charge in [-0.2, -0.15) is 0 Å². The van der Waals surface area contributed by atoms with Crippen molar-refractivity contribution in [2.75, 3.05) is 0 Å². The fourth-order valence-electron chi connectivity index (χ4n) is 7.47. The first-order chi connectivity index (χ1) is 15.4. The van der Waals surface area contributed by atoms with Crippen molar-refractivity contribution in [3.8, 4) is 0 Å². The van der Waals surface area contributed by atoms with Crippen LogP contribution >= 0.6 is 0 Å². The Balaban J connectivity index is 1.28. The first-order valence-corrected chi connectivity index (χ1v) is 13.6. The van der Waals surface area contributed by atoms with Gasteiger partial charge in [0.05, 0.1) is 0 Å². The van der Waals surface area contributed by atoms with E-state index in [9.17, 15) is 0 Å². The van der Waals surface area contributed by atoms with Gasteiger partial charge in [0.25, 0.3) is 0 Å². The molecule has 172 valence electrons. The van der Waals surface area contributed by atoms with Gasteiger partial charge < -0.3 is 0 Å². The number of aryl methyl sites for hydroxylation is 1. The van der Waals surface area contributed by atoms with Gasteiger partial charge in [0.1, 0.15) is 0 Å². The molecule has 8 atom stereocenters. The fraction of sp³-hybridized carbons (Fsp3) is 0.625. The van der Waals surface area contributed by atoms with Crippen molar-refractivity contribution in [1.29, 1.82) is 0 Å². The molecule has 0 heteroatoms. The molecule has 3 aliphatic carbocycles. The second kappa shape index (κ2) is 9.00. The summed E-state index contributed by atoms with van der Waals surface area (Å²) in [6.45, 7) is 12.2. The largest absolute Gasteiger partial charge is 0.0651 e. The van der Waals surface area contributed by atoms with Crippen LogP contribution in [0.4, 0.5) is 0 Å². The van der Waals surface area contributed by atoms with Gasteiger partial charge in [0, 0.05) is 0 Å². The Hall–Kier alpha value is -1.56. The van der Waals surface area contributed by atoms with Gasteiger partial charge in [-0.05, 0) is 121 Å². The summed E-state index contributed by atoms with van der Waals surface area (Å²) in [5, 5.41) is 0. The summed E-state index contributed by atoms with van der Waals surface area (Å²) >= 11 is 0. The van der Waals surface area contributed by atoms with E-state index in [2.05, 4.69) is 77.1 Å². The molecule has 0 heterocycles. The minimum atomic E-state index is 0.713. The van der Waals surface area contributed by atoms with Crippen molar-refractivity contribution >= 4 is 0 Å². The van der Waals surface area contributed by atoms with E-state index in [0.29, 0.717) is 5.92 Å². The van der Waals surface area contributed by atoms with Crippen LogP contribution in [0.3, 0.4) is 0 Å². The second-order valence-electron chi connectivity index (χ2n) is 12.1. The van der Waals surface area contributed by atoms with E-state index in [1.165, 1.54) is 55.2 Å². The fourth-order valence-corrected chi connectivity index (χ4v) is 7.47. The monoisotopic (exact) mass is 428 g/mol. The highest BCUT2D eigenvalue weighted by Gasteiger charge is 2.45. The first kappa shape index (κ1) is 22.2. The number of hydrogen-bond donors (Lipinski definition) is 0. The van der Waals surface area contributed by atoms with Crippen LogP contribution in [0, 0.1) is 48.3 Å². The van der Waals surface area contributed by atoms with E-state index in [1.807, 2.05) is 0 Å². The number of hydrogen-bond acceptors (Lipinski definition) is 0. The summed E-state index contributed by atoms with van der Waals surface area (Å²) in [6.07, 6.45) is 9.58. The molecule has 0 saturated heterocycles. The predicted octanol–water partition coefficient (Wildman–Crippen LogP) is 8.60. The lowest BCUT2D eigenvalue weighted by Gasteiger charge is -2.44. The topological polar surface area (TPSA) is 0 Å². The summed E-state index contributed by atoms with van der Waals surface area (Å²) in [7, 11) is 0. The van der Waals surface area contributed by atoms with E-state index in [-0.39, 0.29) is 0 Å². The van der Waals surface area contributed by atoms with Gasteiger partial charge in [0.15, 0.2) is 0 Å². The molecule has 0 aromatic heterocycles. The molecule has 3 aliphatic rings. The van der Waals surface area contributed by atoms with Crippen molar-refractivity contribution in [3.63, 3.8) is 0 Å². The van der Waals surface area contributed by atoms with Crippen LogP contribution in [0.1, 0.15) is 93.5 Å². The minimum absolute atomic E-state index is 0.713. The SMILES string of the molecule is CC[C@H]1C[C@@H](c2ccc(C)c(Cc3ccc(CC4C[C@@H]5C[C@@H]5C4)cc3)c2)[C@H](C)[C@@H](C)[C@@H]1C. The molecule has 0 nitrogen and oxygen atoms in total. The number of benzene rings is 2. The molecule has 32 heavy (non-hydrogen) atoms. The molecule has 3 saturated carbocycles. The Labute approximate surface area is 197 Å². The van der Waals surface area contributed by atoms with Crippen molar-refractivity contribution < 1.29 is 0 Å². The maximum absolute atomic E-state index is 2.56. The lowest BCUT2D eigenvalue weighted by atomic mass is 9.61. The van der Waals surface area contributed by atoms with Gasteiger partial charge in [0.2, 0.25) is 0 Å². The van der Waals surface area contributed by atoms with Crippen LogP contribution in [0.5, 0.6) is 0 Å². The maximum Gasteiger partial charge on any atom is -0.00230 e. The van der Waals surface area contributed by atoms with Crippen molar-refractivity contribution in [2.24, 2.45) is 41.4 Å². The summed E-state index contributed by atoms with van der Waals surface area (Å²) in [5.74, 6) is 7.16. The van der Waals surface area contributed by atoms with E-state index in [0.717, 1.165) is 47.8 Å². The Morgan fingerprint density at radius 3 is 2.12 bits per heavy atom. The molecular weight excluding hydrogens is 384 g/mol. The van der Waals surface area contributed by atoms with E-state index >= 15 is 0 Å². The summed E-state index contributed by atoms with van der Waals surface area (Å²) < 4.78 is 0. The molecule has 0 radical (unpaired) electrons. The molecule has 0 spiro atoms. The molecule has 3 fully saturated rings. The highest BCUT2D eigenvalue weighted by molar-refractivity contribution is 5.38. The summed E-state index contributed by atoms with van der Waals surface area (Å²) in [5.41, 5.74) is 7.58. The third-order valence-corrected chi connectivity index (χ3v) is 10.2. The number of rotatable bonds is 6. The van der Waals surface area contributed by atoms with Crippen LogP contribution in [-0.2, 0) is 12.8 Å². The molecule has 5 rings (SSSR count). The normalized spacial score (nSPS) is 36.2. The molecular formula is C32H44. The zero-order valence-electron chi connectivity index (χ0n) is 21.1. The molecule has 0 bridgehead atoms. The third kappa shape index (κ3) is 4.44. The van der Waals surface area contributed by atoms with E-state index in [4.69, 9.17) is 0 Å². The second-order valence-corrected chi connectivity index (χ2v) is 12.1. The third-order valence-electron chi connectivity index (χ3n) is 10.2. The van der Waals surface area contributed by atoms with Crippen molar-refractivity contribution in [2.45, 2.75) is 85.5 Å². The highest BCUT2D eigenvalue weighted by atomic mass is 14.5. The average molecular weight is 429 g/mol. The Morgan fingerprint density at radius 2 is 1.44 bits per heavy atom. The lowest BCUT2D eigenvalue weighted by molar-refractivity contribution is 0.0996. The summed E-state index contributed by atoms with van der Waals surface area (Å²) in [6, 6.07) is 17.0. The smallest absolute Gasteiger partial charge is 0.00230 e. The Morgan fingerprint density at radius 1 is 0.750 bits per heavy atom. The van der Waals surface area contributed by atoms with Crippen LogP contribution in [0.15, 0.2) is 42.5 Å². The first-order valence-electron chi connectivity index (χ1n) is 13.6. The maximum atomic E-state index is 2.56. The molecule has 1 unspecified atom stereocenters. The van der Waals surface area contributed by atoms with Gasteiger partial charge >= 0.3 is 0 Å². The van der Waals surface area contributed by atoms with Crippen LogP contribution in [0.2, 0.25) is 0 Å². The average Bonchev–Trinajstić information content (AvgIpc) is 3.41. The number of fused-ring (bicyclic) bond motifs is 1. The van der Waals surface area contributed by atoms with Gasteiger partial charge in [-0.15, -0.1) is 0 Å². The zero-order valence-corrected chi connectivity index (χ0v) is 21.1. The van der Waals surface area contributed by atoms with Crippen molar-refractivity contribution in [3.05, 3.63) is 70.3 Å². The molecule has 0 aliphatic heterocycles. The van der Waals surface area contributed by atoms with E-state index in [1.54, 1.807) is 11.1 Å². The molecule has 0 amide bonds.